The van der Waals surface area contributed by atoms with Crippen LogP contribution in [0.5, 0.6) is 5.75 Å². The van der Waals surface area contributed by atoms with Gasteiger partial charge in [0, 0.05) is 13.1 Å². The third-order valence-corrected chi connectivity index (χ3v) is 6.40. The van der Waals surface area contributed by atoms with Gasteiger partial charge >= 0.3 is 0 Å². The van der Waals surface area contributed by atoms with Gasteiger partial charge in [-0.3, -0.25) is 4.79 Å². The topological polar surface area (TPSA) is 88.9 Å². The lowest BCUT2D eigenvalue weighted by Crippen LogP contribution is -2.45. The van der Waals surface area contributed by atoms with Crippen LogP contribution in [0.25, 0.3) is 0 Å². The van der Waals surface area contributed by atoms with Gasteiger partial charge in [-0.05, 0) is 43.2 Å². The SMILES string of the molecule is COc1ccc(F)cc1S(=O)(=O)N1CCCC(C(=O)NCc2ccco2)C1. The van der Waals surface area contributed by atoms with Gasteiger partial charge in [-0.1, -0.05) is 0 Å². The van der Waals surface area contributed by atoms with Crippen molar-refractivity contribution in [2.75, 3.05) is 20.2 Å². The van der Waals surface area contributed by atoms with Crippen LogP contribution >= 0.6 is 0 Å². The zero-order valence-electron chi connectivity index (χ0n) is 14.9. The van der Waals surface area contributed by atoms with Crippen LogP contribution in [0, 0.1) is 11.7 Å². The fourth-order valence-corrected chi connectivity index (χ4v) is 4.79. The van der Waals surface area contributed by atoms with E-state index in [4.69, 9.17) is 9.15 Å². The van der Waals surface area contributed by atoms with Crippen LogP contribution in [-0.4, -0.2) is 38.8 Å². The summed E-state index contributed by atoms with van der Waals surface area (Å²) in [6.07, 6.45) is 2.63. The predicted octanol–water partition coefficient (Wildman–Crippen LogP) is 2.14. The highest BCUT2D eigenvalue weighted by Gasteiger charge is 2.35. The van der Waals surface area contributed by atoms with E-state index in [1.807, 2.05) is 0 Å². The second-order valence-electron chi connectivity index (χ2n) is 6.29. The van der Waals surface area contributed by atoms with Crippen molar-refractivity contribution in [2.24, 2.45) is 5.92 Å². The number of rotatable bonds is 6. The summed E-state index contributed by atoms with van der Waals surface area (Å²) >= 11 is 0. The summed E-state index contributed by atoms with van der Waals surface area (Å²) in [4.78, 5) is 12.2. The van der Waals surface area contributed by atoms with E-state index in [-0.39, 0.29) is 36.2 Å². The van der Waals surface area contributed by atoms with E-state index >= 15 is 0 Å². The average molecular weight is 396 g/mol. The fraction of sp³-hybridized carbons (Fsp3) is 0.389. The number of carbonyl (C=O) groups is 1. The first-order chi connectivity index (χ1) is 12.9. The van der Waals surface area contributed by atoms with Crippen molar-refractivity contribution in [1.82, 2.24) is 9.62 Å². The lowest BCUT2D eigenvalue weighted by atomic mass is 9.99. The number of nitrogens with zero attached hydrogens (tertiary/aromatic N) is 1. The number of hydrogen-bond donors (Lipinski definition) is 1. The molecule has 1 aliphatic rings. The highest BCUT2D eigenvalue weighted by Crippen LogP contribution is 2.30. The van der Waals surface area contributed by atoms with Gasteiger partial charge in [0.2, 0.25) is 15.9 Å². The van der Waals surface area contributed by atoms with Crippen LogP contribution < -0.4 is 10.1 Å². The summed E-state index contributed by atoms with van der Waals surface area (Å²) in [6.45, 7) is 0.544. The fourth-order valence-electron chi connectivity index (χ4n) is 3.10. The Balaban J connectivity index is 1.73. The Kier molecular flexibility index (Phi) is 5.81. The van der Waals surface area contributed by atoms with Gasteiger partial charge in [0.1, 0.15) is 22.2 Å². The number of nitrogens with one attached hydrogen (secondary N) is 1. The molecule has 27 heavy (non-hydrogen) atoms. The van der Waals surface area contributed by atoms with Gasteiger partial charge in [0.25, 0.3) is 0 Å². The molecule has 1 unspecified atom stereocenters. The molecule has 0 aliphatic carbocycles. The summed E-state index contributed by atoms with van der Waals surface area (Å²) < 4.78 is 51.0. The van der Waals surface area contributed by atoms with Crippen molar-refractivity contribution in [3.05, 3.63) is 48.2 Å². The molecule has 1 aromatic heterocycles. The predicted molar refractivity (Wildman–Crippen MR) is 95.0 cm³/mol. The number of methoxy groups -OCH3 is 1. The molecule has 2 heterocycles. The molecular weight excluding hydrogens is 375 g/mol. The van der Waals surface area contributed by atoms with Crippen LogP contribution in [0.15, 0.2) is 45.9 Å². The standard InChI is InChI=1S/C18H21FN2O5S/c1-25-16-7-6-14(19)10-17(16)27(23,24)21-8-2-4-13(12-21)18(22)20-11-15-5-3-9-26-15/h3,5-7,9-10,13H,2,4,8,11-12H2,1H3,(H,20,22). The van der Waals surface area contributed by atoms with E-state index in [0.717, 1.165) is 12.1 Å². The van der Waals surface area contributed by atoms with Crippen LogP contribution in [-0.2, 0) is 21.4 Å². The number of halogens is 1. The van der Waals surface area contributed by atoms with Gasteiger partial charge in [-0.2, -0.15) is 4.31 Å². The number of piperidine rings is 1. The minimum Gasteiger partial charge on any atom is -0.495 e. The first-order valence-corrected chi connectivity index (χ1v) is 9.99. The molecule has 0 radical (unpaired) electrons. The number of ether oxygens (including phenoxy) is 1. The molecule has 1 saturated heterocycles. The highest BCUT2D eigenvalue weighted by molar-refractivity contribution is 7.89. The number of sulfonamides is 1. The van der Waals surface area contributed by atoms with E-state index in [9.17, 15) is 17.6 Å². The summed E-state index contributed by atoms with van der Waals surface area (Å²) in [5, 5.41) is 2.76. The molecule has 146 valence electrons. The minimum atomic E-state index is -3.98. The van der Waals surface area contributed by atoms with Crippen molar-refractivity contribution in [2.45, 2.75) is 24.3 Å². The van der Waals surface area contributed by atoms with E-state index in [1.54, 1.807) is 12.1 Å². The van der Waals surface area contributed by atoms with Crippen LogP contribution in [0.2, 0.25) is 0 Å². The molecule has 1 aromatic carbocycles. The van der Waals surface area contributed by atoms with Gasteiger partial charge in [-0.25, -0.2) is 12.8 Å². The Bertz CT molecular complexity index is 898. The highest BCUT2D eigenvalue weighted by atomic mass is 32.2. The van der Waals surface area contributed by atoms with E-state index in [2.05, 4.69) is 5.32 Å². The van der Waals surface area contributed by atoms with E-state index < -0.39 is 21.8 Å². The lowest BCUT2D eigenvalue weighted by molar-refractivity contribution is -0.126. The van der Waals surface area contributed by atoms with Crippen molar-refractivity contribution in [3.8, 4) is 5.75 Å². The quantitative estimate of drug-likeness (QED) is 0.808. The van der Waals surface area contributed by atoms with Crippen molar-refractivity contribution in [3.63, 3.8) is 0 Å². The molecule has 9 heteroatoms. The molecule has 0 saturated carbocycles. The van der Waals surface area contributed by atoms with Crippen molar-refractivity contribution in [1.29, 1.82) is 0 Å². The normalized spacial score (nSPS) is 18.2. The van der Waals surface area contributed by atoms with Crippen LogP contribution in [0.3, 0.4) is 0 Å². The first-order valence-electron chi connectivity index (χ1n) is 8.55. The van der Waals surface area contributed by atoms with E-state index in [0.29, 0.717) is 18.6 Å². The number of carbonyl (C=O) groups excluding carboxylic acids is 1. The third-order valence-electron chi connectivity index (χ3n) is 4.52. The number of benzene rings is 1. The average Bonchev–Trinajstić information content (AvgIpc) is 3.19. The number of hydrogen-bond acceptors (Lipinski definition) is 5. The first kappa shape index (κ1) is 19.4. The van der Waals surface area contributed by atoms with E-state index in [1.165, 1.54) is 23.7 Å². The zero-order chi connectivity index (χ0) is 19.4. The second-order valence-corrected chi connectivity index (χ2v) is 8.20. The summed E-state index contributed by atoms with van der Waals surface area (Å²) in [5.41, 5.74) is 0. The Morgan fingerprint density at radius 3 is 2.93 bits per heavy atom. The zero-order valence-corrected chi connectivity index (χ0v) is 15.7. The summed E-state index contributed by atoms with van der Waals surface area (Å²) in [6, 6.07) is 6.82. The molecular formula is C18H21FN2O5S. The lowest BCUT2D eigenvalue weighted by Gasteiger charge is -2.31. The van der Waals surface area contributed by atoms with Gasteiger partial charge in [0.15, 0.2) is 0 Å². The Hall–Kier alpha value is -2.39. The van der Waals surface area contributed by atoms with Crippen LogP contribution in [0.4, 0.5) is 4.39 Å². The van der Waals surface area contributed by atoms with Gasteiger partial charge in [-0.15, -0.1) is 0 Å². The largest absolute Gasteiger partial charge is 0.495 e. The molecule has 0 bridgehead atoms. The van der Waals surface area contributed by atoms with Crippen molar-refractivity contribution >= 4 is 15.9 Å². The van der Waals surface area contributed by atoms with Gasteiger partial charge < -0.3 is 14.5 Å². The molecule has 2 aromatic rings. The Morgan fingerprint density at radius 2 is 2.22 bits per heavy atom. The second kappa shape index (κ2) is 8.10. The smallest absolute Gasteiger partial charge is 0.246 e. The maximum atomic E-state index is 13.6. The third kappa shape index (κ3) is 4.30. The minimum absolute atomic E-state index is 0.0337. The molecule has 1 fully saturated rings. The molecule has 1 N–H and O–H groups in total. The maximum Gasteiger partial charge on any atom is 0.246 e. The van der Waals surface area contributed by atoms with Gasteiger partial charge in [0.05, 0.1) is 25.8 Å². The molecule has 1 aliphatic heterocycles. The molecule has 3 rings (SSSR count). The number of furan rings is 1. The maximum absolute atomic E-state index is 13.6. The van der Waals surface area contributed by atoms with Crippen molar-refractivity contribution < 1.29 is 26.8 Å². The molecule has 1 atom stereocenters. The monoisotopic (exact) mass is 396 g/mol. The molecule has 0 spiro atoms. The Labute approximate surface area is 157 Å². The number of amides is 1. The molecule has 7 nitrogen and oxygen atoms in total. The Morgan fingerprint density at radius 1 is 1.41 bits per heavy atom. The summed E-state index contributed by atoms with van der Waals surface area (Å²) in [7, 11) is -2.66. The molecule has 1 amide bonds. The van der Waals surface area contributed by atoms with Crippen LogP contribution in [0.1, 0.15) is 18.6 Å². The summed E-state index contributed by atoms with van der Waals surface area (Å²) in [5.74, 6) is -0.700.